The molecule has 0 saturated heterocycles. The van der Waals surface area contributed by atoms with Gasteiger partial charge in [0, 0.05) is 0 Å². The molecular weight excluding hydrogens is 99.0 g/mol. The maximum Gasteiger partial charge on any atom is 1.00 e. The van der Waals surface area contributed by atoms with Gasteiger partial charge >= 0.3 is 29.6 Å². The van der Waals surface area contributed by atoms with Gasteiger partial charge in [0.1, 0.15) is 0 Å². The fraction of sp³-hybridized carbons (Fsp3) is 1.00. The van der Waals surface area contributed by atoms with Crippen molar-refractivity contribution in [1.82, 2.24) is 0 Å². The molecule has 40 valence electrons. The van der Waals surface area contributed by atoms with Crippen molar-refractivity contribution in [3.8, 4) is 0 Å². The Bertz CT molecular complexity index is 33.6. The van der Waals surface area contributed by atoms with Gasteiger partial charge in [-0.3, -0.25) is 0 Å². The zero-order valence-electron chi connectivity index (χ0n) is 6.44. The zero-order chi connectivity index (χ0) is 4.99. The third-order valence-electron chi connectivity index (χ3n) is 0.706. The molecule has 0 fully saturated rings. The van der Waals surface area contributed by atoms with Gasteiger partial charge in [0.25, 0.3) is 0 Å². The molecule has 0 aliphatic rings. The van der Waals surface area contributed by atoms with Crippen molar-refractivity contribution in [3.63, 3.8) is 0 Å². The number of aliphatic hydroxyl groups is 1. The first-order valence-corrected chi connectivity index (χ1v) is 2.45. The largest absolute Gasteiger partial charge is 1.00 e. The summed E-state index contributed by atoms with van der Waals surface area (Å²) in [5.74, 6) is 0. The first kappa shape index (κ1) is 10.9. The maximum atomic E-state index is 8.55. The molecule has 0 radical (unpaired) electrons. The van der Waals surface area contributed by atoms with Gasteiger partial charge in [0.15, 0.2) is 0 Å². The minimum atomic E-state index is -0.102. The van der Waals surface area contributed by atoms with Crippen LogP contribution in [0.1, 0.15) is 28.1 Å². The predicted octanol–water partition coefficient (Wildman–Crippen LogP) is -1.72. The van der Waals surface area contributed by atoms with Crippen molar-refractivity contribution < 1.29 is 36.1 Å². The fourth-order valence-corrected chi connectivity index (χ4v) is 0.418. The molecule has 7 heavy (non-hydrogen) atoms. The van der Waals surface area contributed by atoms with Crippen LogP contribution in [-0.4, -0.2) is 11.2 Å². The van der Waals surface area contributed by atoms with Crippen molar-refractivity contribution in [2.75, 3.05) is 0 Å². The Morgan fingerprint density at radius 2 is 2.14 bits per heavy atom. The van der Waals surface area contributed by atoms with E-state index in [1.165, 1.54) is 0 Å². The van der Waals surface area contributed by atoms with Crippen molar-refractivity contribution in [2.24, 2.45) is 0 Å². The molecule has 0 aromatic carbocycles. The number of aliphatic hydroxyl groups excluding tert-OH is 1. The third kappa shape index (κ3) is 10.9. The van der Waals surface area contributed by atoms with E-state index in [0.717, 1.165) is 12.8 Å². The average Bonchev–Trinajstić information content (AvgIpc) is 1.35. The summed E-state index contributed by atoms with van der Waals surface area (Å²) in [6.07, 6.45) is 1.91. The second kappa shape index (κ2) is 6.96. The Hall–Kier alpha value is 0.960. The molecule has 0 aliphatic heterocycles. The number of hydrogen-bond donors (Lipinski definition) is 1. The predicted molar refractivity (Wildman–Crippen MR) is 27.7 cm³/mol. The molecule has 0 aromatic rings. The van der Waals surface area contributed by atoms with Crippen LogP contribution in [0.25, 0.3) is 0 Å². The molecule has 0 heterocycles. The molecule has 0 unspecified atom stereocenters. The summed E-state index contributed by atoms with van der Waals surface area (Å²) >= 11 is 0. The van der Waals surface area contributed by atoms with E-state index in [-0.39, 0.29) is 37.1 Å². The average molecular weight is 112 g/mol. The first-order chi connectivity index (χ1) is 2.77. The molecule has 1 N–H and O–H groups in total. The van der Waals surface area contributed by atoms with E-state index in [1.807, 2.05) is 6.92 Å². The molecule has 0 aliphatic carbocycles. The molecule has 0 rings (SSSR count). The van der Waals surface area contributed by atoms with E-state index in [9.17, 15) is 0 Å². The van der Waals surface area contributed by atoms with Crippen molar-refractivity contribution in [2.45, 2.75) is 32.8 Å². The summed E-state index contributed by atoms with van der Waals surface area (Å²) in [7, 11) is 0. The third-order valence-corrected chi connectivity index (χ3v) is 0.706. The zero-order valence-corrected chi connectivity index (χ0v) is 7.44. The molecule has 2 heteroatoms. The van der Waals surface area contributed by atoms with Crippen LogP contribution in [0.2, 0.25) is 0 Å². The van der Waals surface area contributed by atoms with Crippen LogP contribution in [0.3, 0.4) is 0 Å². The van der Waals surface area contributed by atoms with Gasteiger partial charge in [-0.25, -0.2) is 0 Å². The van der Waals surface area contributed by atoms with Crippen LogP contribution in [0.15, 0.2) is 0 Å². The van der Waals surface area contributed by atoms with Gasteiger partial charge in [0.05, 0.1) is 6.10 Å². The molecule has 0 bridgehead atoms. The molecule has 1 atom stereocenters. The standard InChI is InChI=1S/C5H12O.Na.H/c1-3-4-5(2)6;;/h5-6H,3-4H2,1-2H3;;/q;+1;-1/t5-;;/m0../s1. The minimum absolute atomic E-state index is 0. The summed E-state index contributed by atoms with van der Waals surface area (Å²) in [5.41, 5.74) is 0. The summed E-state index contributed by atoms with van der Waals surface area (Å²) < 4.78 is 0. The van der Waals surface area contributed by atoms with Crippen molar-refractivity contribution in [1.29, 1.82) is 0 Å². The Balaban J connectivity index is -0.000000125. The molecule has 0 aromatic heterocycles. The summed E-state index contributed by atoms with van der Waals surface area (Å²) in [5, 5.41) is 8.55. The molecule has 0 saturated carbocycles. The summed E-state index contributed by atoms with van der Waals surface area (Å²) in [4.78, 5) is 0. The first-order valence-electron chi connectivity index (χ1n) is 2.45. The summed E-state index contributed by atoms with van der Waals surface area (Å²) in [6.45, 7) is 3.87. The Labute approximate surface area is 68.9 Å². The van der Waals surface area contributed by atoms with E-state index in [2.05, 4.69) is 6.92 Å². The van der Waals surface area contributed by atoms with E-state index >= 15 is 0 Å². The smallest absolute Gasteiger partial charge is 1.00 e. The second-order valence-electron chi connectivity index (χ2n) is 1.64. The molecule has 0 spiro atoms. The van der Waals surface area contributed by atoms with Gasteiger partial charge in [-0.2, -0.15) is 0 Å². The van der Waals surface area contributed by atoms with E-state index in [4.69, 9.17) is 5.11 Å². The van der Waals surface area contributed by atoms with E-state index in [1.54, 1.807) is 0 Å². The maximum absolute atomic E-state index is 8.55. The van der Waals surface area contributed by atoms with Gasteiger partial charge in [-0.05, 0) is 13.3 Å². The molecule has 0 amide bonds. The van der Waals surface area contributed by atoms with E-state index in [0.29, 0.717) is 0 Å². The number of hydrogen-bond acceptors (Lipinski definition) is 1. The molecule has 1 nitrogen and oxygen atoms in total. The normalized spacial score (nSPS) is 12.4. The Kier molecular flexibility index (Phi) is 10.8. The van der Waals surface area contributed by atoms with Gasteiger partial charge in [-0.15, -0.1) is 0 Å². The van der Waals surface area contributed by atoms with Crippen LogP contribution in [0.4, 0.5) is 0 Å². The Morgan fingerprint density at radius 3 is 2.14 bits per heavy atom. The quantitative estimate of drug-likeness (QED) is 0.421. The van der Waals surface area contributed by atoms with Crippen molar-refractivity contribution in [3.05, 3.63) is 0 Å². The minimum Gasteiger partial charge on any atom is -1.00 e. The number of rotatable bonds is 2. The van der Waals surface area contributed by atoms with Crippen molar-refractivity contribution >= 4 is 0 Å². The van der Waals surface area contributed by atoms with Gasteiger partial charge in [0.2, 0.25) is 0 Å². The fourth-order valence-electron chi connectivity index (χ4n) is 0.418. The van der Waals surface area contributed by atoms with Crippen LogP contribution in [-0.2, 0) is 0 Å². The second-order valence-corrected chi connectivity index (χ2v) is 1.64. The Morgan fingerprint density at radius 1 is 1.71 bits per heavy atom. The van der Waals surface area contributed by atoms with Gasteiger partial charge < -0.3 is 6.53 Å². The van der Waals surface area contributed by atoms with Crippen LogP contribution in [0, 0.1) is 0 Å². The molecular formula is C5H13NaO. The monoisotopic (exact) mass is 112 g/mol. The van der Waals surface area contributed by atoms with Crippen LogP contribution < -0.4 is 29.6 Å². The van der Waals surface area contributed by atoms with Crippen LogP contribution >= 0.6 is 0 Å². The van der Waals surface area contributed by atoms with E-state index < -0.39 is 0 Å². The summed E-state index contributed by atoms with van der Waals surface area (Å²) in [6, 6.07) is 0. The van der Waals surface area contributed by atoms with Gasteiger partial charge in [-0.1, -0.05) is 13.3 Å². The SMILES string of the molecule is CCC[C@H](C)O.[H-].[Na+]. The topological polar surface area (TPSA) is 20.2 Å². The van der Waals surface area contributed by atoms with Crippen LogP contribution in [0.5, 0.6) is 0 Å².